The van der Waals surface area contributed by atoms with Crippen molar-refractivity contribution >= 4 is 17.5 Å². The molecule has 2 unspecified atom stereocenters. The van der Waals surface area contributed by atoms with Crippen LogP contribution in [-0.2, 0) is 9.47 Å². The average molecular weight is 363 g/mol. The Bertz CT molecular complexity index is 567. The van der Waals surface area contributed by atoms with Gasteiger partial charge < -0.3 is 25.0 Å². The molecule has 26 heavy (non-hydrogen) atoms. The molecule has 3 heterocycles. The highest BCUT2D eigenvalue weighted by atomic mass is 16.5. The number of carbonyl (C=O) groups excluding carboxylic acids is 1. The number of nitrogens with zero attached hydrogens (tertiary/aromatic N) is 3. The Morgan fingerprint density at radius 3 is 2.62 bits per heavy atom. The van der Waals surface area contributed by atoms with Crippen molar-refractivity contribution in [3.05, 3.63) is 18.3 Å². The monoisotopic (exact) mass is 363 g/mol. The van der Waals surface area contributed by atoms with Crippen LogP contribution in [-0.4, -0.2) is 80.6 Å². The van der Waals surface area contributed by atoms with E-state index in [4.69, 9.17) is 9.47 Å². The average Bonchev–Trinajstić information content (AvgIpc) is 2.62. The minimum atomic E-state index is -0.208. The van der Waals surface area contributed by atoms with E-state index < -0.39 is 0 Å². The molecule has 0 spiro atoms. The number of aromatic nitrogens is 1. The Hall–Kier alpha value is -1.90. The standard InChI is InChI=1S/C18H29N5O3/c1-14-12-22(13-15(2)26-14)6-5-19-18(24)21-16-3-4-17(20-11-16)23-7-9-25-10-8-23/h3-4,11,14-15H,5-10,12-13H2,1-2H3,(H2,19,21,24). The first-order valence-electron chi connectivity index (χ1n) is 9.31. The van der Waals surface area contributed by atoms with Gasteiger partial charge in [0.2, 0.25) is 0 Å². The van der Waals surface area contributed by atoms with Crippen molar-refractivity contribution in [1.82, 2.24) is 15.2 Å². The van der Waals surface area contributed by atoms with Crippen molar-refractivity contribution in [3.8, 4) is 0 Å². The summed E-state index contributed by atoms with van der Waals surface area (Å²) < 4.78 is 11.1. The fraction of sp³-hybridized carbons (Fsp3) is 0.667. The van der Waals surface area contributed by atoms with Crippen molar-refractivity contribution in [2.45, 2.75) is 26.1 Å². The van der Waals surface area contributed by atoms with Crippen LogP contribution in [0.5, 0.6) is 0 Å². The lowest BCUT2D eigenvalue weighted by atomic mass is 10.2. The lowest BCUT2D eigenvalue weighted by molar-refractivity contribution is -0.0672. The summed E-state index contributed by atoms with van der Waals surface area (Å²) in [4.78, 5) is 21.0. The molecule has 2 amide bonds. The summed E-state index contributed by atoms with van der Waals surface area (Å²) in [5, 5.41) is 5.73. The van der Waals surface area contributed by atoms with Crippen molar-refractivity contribution in [1.29, 1.82) is 0 Å². The summed E-state index contributed by atoms with van der Waals surface area (Å²) in [6.45, 7) is 10.5. The van der Waals surface area contributed by atoms with E-state index in [1.165, 1.54) is 0 Å². The fourth-order valence-corrected chi connectivity index (χ4v) is 3.41. The molecule has 2 fully saturated rings. The molecule has 0 bridgehead atoms. The van der Waals surface area contributed by atoms with Gasteiger partial charge in [0.05, 0.1) is 37.3 Å². The van der Waals surface area contributed by atoms with E-state index in [0.29, 0.717) is 12.2 Å². The minimum Gasteiger partial charge on any atom is -0.378 e. The minimum absolute atomic E-state index is 0.208. The third-order valence-electron chi connectivity index (χ3n) is 4.55. The maximum absolute atomic E-state index is 12.0. The number of amides is 2. The summed E-state index contributed by atoms with van der Waals surface area (Å²) in [6.07, 6.45) is 2.17. The number of urea groups is 1. The first kappa shape index (κ1) is 18.9. The van der Waals surface area contributed by atoms with E-state index in [2.05, 4.69) is 39.3 Å². The quantitative estimate of drug-likeness (QED) is 0.817. The van der Waals surface area contributed by atoms with Crippen molar-refractivity contribution in [2.24, 2.45) is 0 Å². The lowest BCUT2D eigenvalue weighted by Crippen LogP contribution is -2.48. The summed E-state index contributed by atoms with van der Waals surface area (Å²) in [5.41, 5.74) is 0.688. The van der Waals surface area contributed by atoms with E-state index in [0.717, 1.165) is 51.8 Å². The molecule has 2 saturated heterocycles. The van der Waals surface area contributed by atoms with Crippen LogP contribution in [0.3, 0.4) is 0 Å². The van der Waals surface area contributed by atoms with Crippen LogP contribution in [0.1, 0.15) is 13.8 Å². The molecule has 2 N–H and O–H groups in total. The second-order valence-corrected chi connectivity index (χ2v) is 6.90. The Morgan fingerprint density at radius 1 is 1.23 bits per heavy atom. The second kappa shape index (κ2) is 9.16. The van der Waals surface area contributed by atoms with Gasteiger partial charge in [0.25, 0.3) is 0 Å². The van der Waals surface area contributed by atoms with Gasteiger partial charge in [0, 0.05) is 39.3 Å². The Labute approximate surface area is 154 Å². The molecule has 1 aromatic rings. The number of morpholine rings is 2. The third-order valence-corrected chi connectivity index (χ3v) is 4.55. The van der Waals surface area contributed by atoms with Crippen LogP contribution < -0.4 is 15.5 Å². The predicted molar refractivity (Wildman–Crippen MR) is 101 cm³/mol. The molecule has 2 aliphatic heterocycles. The van der Waals surface area contributed by atoms with E-state index in [1.807, 2.05) is 12.1 Å². The van der Waals surface area contributed by atoms with Gasteiger partial charge in [-0.15, -0.1) is 0 Å². The number of rotatable bonds is 5. The fourth-order valence-electron chi connectivity index (χ4n) is 3.41. The molecule has 1 aromatic heterocycles. The van der Waals surface area contributed by atoms with Crippen LogP contribution in [0, 0.1) is 0 Å². The molecule has 0 radical (unpaired) electrons. The lowest BCUT2D eigenvalue weighted by Gasteiger charge is -2.35. The van der Waals surface area contributed by atoms with E-state index >= 15 is 0 Å². The van der Waals surface area contributed by atoms with Crippen molar-refractivity contribution in [3.63, 3.8) is 0 Å². The van der Waals surface area contributed by atoms with Gasteiger partial charge in [-0.3, -0.25) is 4.90 Å². The maximum atomic E-state index is 12.0. The highest BCUT2D eigenvalue weighted by molar-refractivity contribution is 5.89. The van der Waals surface area contributed by atoms with Gasteiger partial charge in [0.1, 0.15) is 5.82 Å². The molecule has 8 nitrogen and oxygen atoms in total. The van der Waals surface area contributed by atoms with Crippen LogP contribution in [0.25, 0.3) is 0 Å². The molecule has 8 heteroatoms. The number of carbonyl (C=O) groups is 1. The zero-order valence-electron chi connectivity index (χ0n) is 15.6. The molecule has 2 aliphatic rings. The molecular formula is C18H29N5O3. The zero-order valence-corrected chi connectivity index (χ0v) is 15.6. The summed E-state index contributed by atoms with van der Waals surface area (Å²) in [7, 11) is 0. The Balaban J connectivity index is 1.39. The van der Waals surface area contributed by atoms with Crippen molar-refractivity contribution < 1.29 is 14.3 Å². The van der Waals surface area contributed by atoms with Crippen LogP contribution in [0.15, 0.2) is 18.3 Å². The summed E-state index contributed by atoms with van der Waals surface area (Å²) in [6, 6.07) is 3.60. The number of hydrogen-bond acceptors (Lipinski definition) is 6. The van der Waals surface area contributed by atoms with Gasteiger partial charge in [-0.05, 0) is 26.0 Å². The molecular weight excluding hydrogens is 334 g/mol. The molecule has 2 atom stereocenters. The largest absolute Gasteiger partial charge is 0.378 e. The van der Waals surface area contributed by atoms with Gasteiger partial charge in [-0.1, -0.05) is 0 Å². The molecule has 0 aromatic carbocycles. The molecule has 3 rings (SSSR count). The van der Waals surface area contributed by atoms with Gasteiger partial charge in [-0.25, -0.2) is 9.78 Å². The molecule has 0 saturated carbocycles. The van der Waals surface area contributed by atoms with Crippen molar-refractivity contribution in [2.75, 3.05) is 62.7 Å². The summed E-state index contributed by atoms with van der Waals surface area (Å²) in [5.74, 6) is 0.912. The van der Waals surface area contributed by atoms with Crippen LogP contribution in [0.4, 0.5) is 16.3 Å². The molecule has 0 aliphatic carbocycles. The first-order chi connectivity index (χ1) is 12.6. The van der Waals surface area contributed by atoms with Gasteiger partial charge in [0.15, 0.2) is 0 Å². The number of nitrogens with one attached hydrogen (secondary N) is 2. The number of anilines is 2. The smallest absolute Gasteiger partial charge is 0.319 e. The Kier molecular flexibility index (Phi) is 6.65. The third kappa shape index (κ3) is 5.55. The normalized spacial score (nSPS) is 24.3. The van der Waals surface area contributed by atoms with Crippen LogP contribution in [0.2, 0.25) is 0 Å². The van der Waals surface area contributed by atoms with Gasteiger partial charge >= 0.3 is 6.03 Å². The number of ether oxygens (including phenoxy) is 2. The highest BCUT2D eigenvalue weighted by Crippen LogP contribution is 2.15. The topological polar surface area (TPSA) is 79.0 Å². The molecule has 144 valence electrons. The van der Waals surface area contributed by atoms with E-state index in [9.17, 15) is 4.79 Å². The highest BCUT2D eigenvalue weighted by Gasteiger charge is 2.21. The Morgan fingerprint density at radius 2 is 1.96 bits per heavy atom. The van der Waals surface area contributed by atoms with Crippen LogP contribution >= 0.6 is 0 Å². The first-order valence-corrected chi connectivity index (χ1v) is 9.31. The zero-order chi connectivity index (χ0) is 18.4. The van der Waals surface area contributed by atoms with Gasteiger partial charge in [-0.2, -0.15) is 0 Å². The second-order valence-electron chi connectivity index (χ2n) is 6.90. The summed E-state index contributed by atoms with van der Waals surface area (Å²) >= 11 is 0. The SMILES string of the molecule is CC1CN(CCNC(=O)Nc2ccc(N3CCOCC3)nc2)CC(C)O1. The number of hydrogen-bond donors (Lipinski definition) is 2. The van der Waals surface area contributed by atoms with E-state index in [-0.39, 0.29) is 18.2 Å². The predicted octanol–water partition coefficient (Wildman–Crippen LogP) is 1.15. The van der Waals surface area contributed by atoms with E-state index in [1.54, 1.807) is 6.20 Å². The number of pyridine rings is 1. The maximum Gasteiger partial charge on any atom is 0.319 e.